The number of anilines is 1. The average Bonchev–Trinajstić information content (AvgIpc) is 3.04. The molecule has 3 rings (SSSR count). The Balaban J connectivity index is 1.64. The van der Waals surface area contributed by atoms with Crippen molar-refractivity contribution < 1.29 is 9.53 Å². The van der Waals surface area contributed by atoms with Crippen LogP contribution in [0.2, 0.25) is 0 Å². The standard InChI is InChI=1S/C19H26N4O2/c1-3-25-19(24)17-13-21-23(18(17)20)16-9-11-22(12-10-16)14(2)15-7-5-4-6-8-15/h4-8,13-14,16H,3,9-12,20H2,1-2H3/t14-/m1/s1. The van der Waals surface area contributed by atoms with Gasteiger partial charge in [0, 0.05) is 19.1 Å². The molecular formula is C19H26N4O2. The molecule has 1 aliphatic rings. The van der Waals surface area contributed by atoms with Gasteiger partial charge < -0.3 is 10.5 Å². The van der Waals surface area contributed by atoms with Crippen molar-refractivity contribution in [2.75, 3.05) is 25.4 Å². The SMILES string of the molecule is CCOC(=O)c1cnn(C2CCN([C@H](C)c3ccccc3)CC2)c1N. The van der Waals surface area contributed by atoms with Crippen molar-refractivity contribution in [2.24, 2.45) is 0 Å². The van der Waals surface area contributed by atoms with Crippen LogP contribution in [0.4, 0.5) is 5.82 Å². The zero-order valence-corrected chi connectivity index (χ0v) is 14.9. The Morgan fingerprint density at radius 3 is 2.64 bits per heavy atom. The molecule has 1 fully saturated rings. The van der Waals surface area contributed by atoms with Crippen molar-refractivity contribution >= 4 is 11.8 Å². The third-order valence-electron chi connectivity index (χ3n) is 5.00. The fourth-order valence-electron chi connectivity index (χ4n) is 3.49. The lowest BCUT2D eigenvalue weighted by atomic mass is 10.0. The van der Waals surface area contributed by atoms with Crippen LogP contribution in [0.5, 0.6) is 0 Å². The van der Waals surface area contributed by atoms with E-state index in [1.54, 1.807) is 11.6 Å². The molecular weight excluding hydrogens is 316 g/mol. The topological polar surface area (TPSA) is 73.4 Å². The third-order valence-corrected chi connectivity index (χ3v) is 5.00. The van der Waals surface area contributed by atoms with E-state index in [9.17, 15) is 4.79 Å². The van der Waals surface area contributed by atoms with Gasteiger partial charge in [0.2, 0.25) is 0 Å². The predicted molar refractivity (Wildman–Crippen MR) is 97.3 cm³/mol. The van der Waals surface area contributed by atoms with Gasteiger partial charge in [0.15, 0.2) is 0 Å². The number of hydrogen-bond donors (Lipinski definition) is 1. The Labute approximate surface area is 148 Å². The smallest absolute Gasteiger partial charge is 0.343 e. The van der Waals surface area contributed by atoms with Gasteiger partial charge in [-0.25, -0.2) is 9.48 Å². The van der Waals surface area contributed by atoms with Gasteiger partial charge >= 0.3 is 5.97 Å². The van der Waals surface area contributed by atoms with Gasteiger partial charge in [-0.3, -0.25) is 4.90 Å². The van der Waals surface area contributed by atoms with Crippen LogP contribution in [0.25, 0.3) is 0 Å². The fraction of sp³-hybridized carbons (Fsp3) is 0.474. The molecule has 1 aromatic heterocycles. The molecule has 6 heteroatoms. The number of carbonyl (C=O) groups excluding carboxylic acids is 1. The van der Waals surface area contributed by atoms with Gasteiger partial charge in [-0.2, -0.15) is 5.10 Å². The van der Waals surface area contributed by atoms with Gasteiger partial charge in [-0.05, 0) is 32.3 Å². The summed E-state index contributed by atoms with van der Waals surface area (Å²) in [5, 5.41) is 4.34. The van der Waals surface area contributed by atoms with E-state index in [2.05, 4.69) is 41.2 Å². The first-order valence-corrected chi connectivity index (χ1v) is 8.91. The van der Waals surface area contributed by atoms with Gasteiger partial charge in [-0.1, -0.05) is 30.3 Å². The minimum absolute atomic E-state index is 0.224. The first-order chi connectivity index (χ1) is 12.1. The maximum Gasteiger partial charge on any atom is 0.343 e. The predicted octanol–water partition coefficient (Wildman–Crippen LogP) is 3.04. The molecule has 134 valence electrons. The van der Waals surface area contributed by atoms with Crippen molar-refractivity contribution in [3.8, 4) is 0 Å². The van der Waals surface area contributed by atoms with Crippen LogP contribution in [-0.4, -0.2) is 40.3 Å². The lowest BCUT2D eigenvalue weighted by Gasteiger charge is -2.36. The van der Waals surface area contributed by atoms with Crippen LogP contribution in [0.15, 0.2) is 36.5 Å². The Morgan fingerprint density at radius 1 is 1.32 bits per heavy atom. The van der Waals surface area contributed by atoms with E-state index in [0.29, 0.717) is 24.0 Å². The summed E-state index contributed by atoms with van der Waals surface area (Å²) in [5.41, 5.74) is 7.84. The lowest BCUT2D eigenvalue weighted by Crippen LogP contribution is -2.37. The molecule has 0 bridgehead atoms. The molecule has 2 N–H and O–H groups in total. The third kappa shape index (κ3) is 3.69. The summed E-state index contributed by atoms with van der Waals surface area (Å²) in [4.78, 5) is 14.4. The van der Waals surface area contributed by atoms with Crippen molar-refractivity contribution in [3.63, 3.8) is 0 Å². The van der Waals surface area contributed by atoms with Crippen molar-refractivity contribution in [2.45, 2.75) is 38.8 Å². The number of carbonyl (C=O) groups is 1. The summed E-state index contributed by atoms with van der Waals surface area (Å²) in [6.07, 6.45) is 3.45. The van der Waals surface area contributed by atoms with Crippen LogP contribution in [0, 0.1) is 0 Å². The Bertz CT molecular complexity index is 705. The van der Waals surface area contributed by atoms with E-state index in [0.717, 1.165) is 25.9 Å². The molecule has 1 atom stereocenters. The van der Waals surface area contributed by atoms with Crippen molar-refractivity contribution in [3.05, 3.63) is 47.7 Å². The summed E-state index contributed by atoms with van der Waals surface area (Å²) in [6, 6.07) is 11.2. The molecule has 1 saturated heterocycles. The van der Waals surface area contributed by atoms with E-state index in [1.165, 1.54) is 11.8 Å². The fourth-order valence-corrected chi connectivity index (χ4v) is 3.49. The molecule has 0 aliphatic carbocycles. The van der Waals surface area contributed by atoms with Crippen LogP contribution in [0.3, 0.4) is 0 Å². The van der Waals surface area contributed by atoms with E-state index in [-0.39, 0.29) is 6.04 Å². The number of aromatic nitrogens is 2. The molecule has 0 spiro atoms. The maximum absolute atomic E-state index is 11.9. The number of esters is 1. The zero-order chi connectivity index (χ0) is 17.8. The minimum atomic E-state index is -0.401. The molecule has 0 radical (unpaired) electrons. The van der Waals surface area contributed by atoms with Gasteiger partial charge in [0.05, 0.1) is 18.8 Å². The Kier molecular flexibility index (Phi) is 5.38. The average molecular weight is 342 g/mol. The van der Waals surface area contributed by atoms with Gasteiger partial charge in [0.1, 0.15) is 11.4 Å². The summed E-state index contributed by atoms with van der Waals surface area (Å²) in [5.74, 6) is 0.00870. The lowest BCUT2D eigenvalue weighted by molar-refractivity contribution is 0.0527. The summed E-state index contributed by atoms with van der Waals surface area (Å²) < 4.78 is 6.81. The zero-order valence-electron chi connectivity index (χ0n) is 14.9. The minimum Gasteiger partial charge on any atom is -0.462 e. The quantitative estimate of drug-likeness (QED) is 0.846. The molecule has 25 heavy (non-hydrogen) atoms. The first-order valence-electron chi connectivity index (χ1n) is 8.91. The van der Waals surface area contributed by atoms with Crippen LogP contribution in [-0.2, 0) is 4.74 Å². The Morgan fingerprint density at radius 2 is 2.00 bits per heavy atom. The number of likely N-dealkylation sites (tertiary alicyclic amines) is 1. The highest BCUT2D eigenvalue weighted by Gasteiger charge is 2.27. The molecule has 0 unspecified atom stereocenters. The summed E-state index contributed by atoms with van der Waals surface area (Å²) in [7, 11) is 0. The normalized spacial score (nSPS) is 17.4. The molecule has 0 saturated carbocycles. The summed E-state index contributed by atoms with van der Waals surface area (Å²) in [6.45, 7) is 6.32. The second kappa shape index (κ2) is 7.70. The molecule has 2 aromatic rings. The number of nitrogen functional groups attached to an aromatic ring is 1. The van der Waals surface area contributed by atoms with E-state index >= 15 is 0 Å². The molecule has 2 heterocycles. The van der Waals surface area contributed by atoms with E-state index in [4.69, 9.17) is 10.5 Å². The van der Waals surface area contributed by atoms with E-state index in [1.807, 2.05) is 6.07 Å². The first kappa shape index (κ1) is 17.5. The summed E-state index contributed by atoms with van der Waals surface area (Å²) >= 11 is 0. The number of ether oxygens (including phenoxy) is 1. The number of nitrogens with zero attached hydrogens (tertiary/aromatic N) is 3. The number of hydrogen-bond acceptors (Lipinski definition) is 5. The van der Waals surface area contributed by atoms with Crippen LogP contribution >= 0.6 is 0 Å². The number of nitrogens with two attached hydrogens (primary N) is 1. The van der Waals surface area contributed by atoms with E-state index < -0.39 is 5.97 Å². The van der Waals surface area contributed by atoms with Crippen molar-refractivity contribution in [1.29, 1.82) is 0 Å². The molecule has 1 aromatic carbocycles. The highest BCUT2D eigenvalue weighted by atomic mass is 16.5. The number of rotatable bonds is 5. The highest BCUT2D eigenvalue weighted by Crippen LogP contribution is 2.30. The van der Waals surface area contributed by atoms with Crippen LogP contribution < -0.4 is 5.73 Å². The Hall–Kier alpha value is -2.34. The number of piperidine rings is 1. The highest BCUT2D eigenvalue weighted by molar-refractivity contribution is 5.94. The van der Waals surface area contributed by atoms with Gasteiger partial charge in [0.25, 0.3) is 0 Å². The molecule has 6 nitrogen and oxygen atoms in total. The molecule has 1 aliphatic heterocycles. The molecule has 0 amide bonds. The second-order valence-electron chi connectivity index (χ2n) is 6.46. The van der Waals surface area contributed by atoms with Gasteiger partial charge in [-0.15, -0.1) is 0 Å². The van der Waals surface area contributed by atoms with Crippen LogP contribution in [0.1, 0.15) is 54.7 Å². The van der Waals surface area contributed by atoms with Crippen molar-refractivity contribution in [1.82, 2.24) is 14.7 Å². The maximum atomic E-state index is 11.9. The second-order valence-corrected chi connectivity index (χ2v) is 6.46. The monoisotopic (exact) mass is 342 g/mol. The largest absolute Gasteiger partial charge is 0.462 e. The number of benzene rings is 1.